The molecule has 220 valence electrons. The number of hydrogen-bond acceptors (Lipinski definition) is 9. The number of nitrogens with zero attached hydrogens (tertiary/aromatic N) is 3. The molecule has 3 heterocycles. The second-order valence-electron chi connectivity index (χ2n) is 10.3. The van der Waals surface area contributed by atoms with E-state index < -0.39 is 12.0 Å². The Morgan fingerprint density at radius 1 is 1.05 bits per heavy atom. The highest BCUT2D eigenvalue weighted by Crippen LogP contribution is 2.45. The molecule has 42 heavy (non-hydrogen) atoms. The molecule has 0 N–H and O–H groups in total. The molecule has 0 bridgehead atoms. The van der Waals surface area contributed by atoms with Crippen LogP contribution in [-0.2, 0) is 30.5 Å². The molecule has 3 aliphatic heterocycles. The van der Waals surface area contributed by atoms with Gasteiger partial charge in [0.25, 0.3) is 0 Å². The van der Waals surface area contributed by atoms with Gasteiger partial charge in [-0.25, -0.2) is 9.79 Å². The van der Waals surface area contributed by atoms with Gasteiger partial charge in [-0.2, -0.15) is 0 Å². The minimum Gasteiger partial charge on any atom is -0.497 e. The lowest BCUT2D eigenvalue weighted by atomic mass is 9.93. The summed E-state index contributed by atoms with van der Waals surface area (Å²) in [6.07, 6.45) is 1.56. The van der Waals surface area contributed by atoms with E-state index in [1.807, 2.05) is 71.8 Å². The van der Waals surface area contributed by atoms with Gasteiger partial charge in [-0.05, 0) is 55.4 Å². The van der Waals surface area contributed by atoms with E-state index in [0.717, 1.165) is 23.2 Å². The number of fused-ring (bicyclic) bond motifs is 1. The van der Waals surface area contributed by atoms with Gasteiger partial charge < -0.3 is 24.0 Å². The topological polar surface area (TPSA) is 97.7 Å². The number of amides is 1. The SMILES string of the molecule is CCOC(=O)C1CCCN(C(=O)CC2=CSC3=NC(C)=C(C(=O)OCc4ccccc4)C(c4ccc(OC)cc4)N23)C1. The summed E-state index contributed by atoms with van der Waals surface area (Å²) in [7, 11) is 1.60. The van der Waals surface area contributed by atoms with E-state index in [1.54, 1.807) is 18.9 Å². The number of rotatable bonds is 9. The highest BCUT2D eigenvalue weighted by molar-refractivity contribution is 8.16. The third-order valence-corrected chi connectivity index (χ3v) is 8.48. The fourth-order valence-corrected chi connectivity index (χ4v) is 6.42. The third kappa shape index (κ3) is 6.38. The summed E-state index contributed by atoms with van der Waals surface area (Å²) in [4.78, 5) is 48.0. The number of thioether (sulfide) groups is 1. The summed E-state index contributed by atoms with van der Waals surface area (Å²) in [5.41, 5.74) is 3.46. The van der Waals surface area contributed by atoms with Gasteiger partial charge in [-0.3, -0.25) is 9.59 Å². The highest BCUT2D eigenvalue weighted by atomic mass is 32.2. The van der Waals surface area contributed by atoms with Crippen molar-refractivity contribution in [3.63, 3.8) is 0 Å². The van der Waals surface area contributed by atoms with E-state index >= 15 is 0 Å². The number of carbonyl (C=O) groups is 3. The molecule has 9 nitrogen and oxygen atoms in total. The molecule has 3 aliphatic rings. The Labute approximate surface area is 250 Å². The number of methoxy groups -OCH3 is 1. The van der Waals surface area contributed by atoms with Crippen molar-refractivity contribution in [2.45, 2.75) is 45.8 Å². The van der Waals surface area contributed by atoms with Gasteiger partial charge in [0, 0.05) is 18.8 Å². The van der Waals surface area contributed by atoms with Crippen LogP contribution in [0, 0.1) is 5.92 Å². The zero-order valence-corrected chi connectivity index (χ0v) is 24.9. The highest BCUT2D eigenvalue weighted by Gasteiger charge is 2.42. The Kier molecular flexibility index (Phi) is 9.31. The van der Waals surface area contributed by atoms with Crippen LogP contribution >= 0.6 is 11.8 Å². The van der Waals surface area contributed by atoms with Crippen LogP contribution < -0.4 is 4.74 Å². The molecular weight excluding hydrogens is 554 g/mol. The summed E-state index contributed by atoms with van der Waals surface area (Å²) in [5.74, 6) is -0.415. The van der Waals surface area contributed by atoms with E-state index in [0.29, 0.717) is 48.3 Å². The van der Waals surface area contributed by atoms with E-state index in [4.69, 9.17) is 19.2 Å². The molecule has 2 unspecified atom stereocenters. The Morgan fingerprint density at radius 2 is 1.81 bits per heavy atom. The first-order valence-electron chi connectivity index (χ1n) is 14.1. The molecule has 0 aliphatic carbocycles. The Bertz CT molecular complexity index is 1420. The average Bonchev–Trinajstić information content (AvgIpc) is 3.41. The molecular formula is C32H35N3O6S. The van der Waals surface area contributed by atoms with Gasteiger partial charge in [-0.1, -0.05) is 54.2 Å². The molecule has 0 aromatic heterocycles. The molecule has 5 rings (SSSR count). The summed E-state index contributed by atoms with van der Waals surface area (Å²) in [6, 6.07) is 16.5. The fourth-order valence-electron chi connectivity index (χ4n) is 5.46. The number of hydrogen-bond donors (Lipinski definition) is 0. The predicted molar refractivity (Wildman–Crippen MR) is 160 cm³/mol. The smallest absolute Gasteiger partial charge is 0.338 e. The number of piperidine rings is 1. The molecule has 0 spiro atoms. The second kappa shape index (κ2) is 13.3. The van der Waals surface area contributed by atoms with Gasteiger partial charge in [-0.15, -0.1) is 0 Å². The number of amidine groups is 1. The van der Waals surface area contributed by atoms with Gasteiger partial charge in [0.15, 0.2) is 5.17 Å². The van der Waals surface area contributed by atoms with Crippen LogP contribution in [0.3, 0.4) is 0 Å². The molecule has 0 radical (unpaired) electrons. The van der Waals surface area contributed by atoms with Crippen molar-refractivity contribution in [2.75, 3.05) is 26.8 Å². The van der Waals surface area contributed by atoms with E-state index in [9.17, 15) is 14.4 Å². The van der Waals surface area contributed by atoms with Crippen LogP contribution in [0.5, 0.6) is 5.75 Å². The summed E-state index contributed by atoms with van der Waals surface area (Å²) in [6.45, 7) is 4.99. The minimum atomic E-state index is -0.547. The van der Waals surface area contributed by atoms with Gasteiger partial charge >= 0.3 is 11.9 Å². The Morgan fingerprint density at radius 3 is 2.52 bits per heavy atom. The van der Waals surface area contributed by atoms with Crippen molar-refractivity contribution in [1.82, 2.24) is 9.80 Å². The maximum atomic E-state index is 13.7. The molecule has 1 fully saturated rings. The zero-order valence-electron chi connectivity index (χ0n) is 24.1. The molecule has 2 aromatic carbocycles. The van der Waals surface area contributed by atoms with E-state index in [-0.39, 0.29) is 30.8 Å². The largest absolute Gasteiger partial charge is 0.497 e. The van der Waals surface area contributed by atoms with Crippen LogP contribution in [0.25, 0.3) is 0 Å². The van der Waals surface area contributed by atoms with Gasteiger partial charge in [0.1, 0.15) is 12.4 Å². The van der Waals surface area contributed by atoms with Crippen LogP contribution in [-0.4, -0.2) is 59.6 Å². The van der Waals surface area contributed by atoms with Crippen molar-refractivity contribution in [3.8, 4) is 5.75 Å². The standard InChI is InChI=1S/C32H35N3O6S/c1-4-40-30(37)24-11-8-16-34(18-24)27(36)17-25-20-42-32-33-21(2)28(31(38)41-19-22-9-6-5-7-10-22)29(35(25)32)23-12-14-26(39-3)15-13-23/h5-7,9-10,12-15,20,24,29H,4,8,11,16-19H2,1-3H3. The maximum Gasteiger partial charge on any atom is 0.338 e. The lowest BCUT2D eigenvalue weighted by Crippen LogP contribution is -2.44. The van der Waals surface area contributed by atoms with Crippen LogP contribution in [0.15, 0.2) is 82.0 Å². The second-order valence-corrected chi connectivity index (χ2v) is 11.2. The average molecular weight is 590 g/mol. The maximum absolute atomic E-state index is 13.7. The normalized spacial score (nSPS) is 20.0. The number of likely N-dealkylation sites (tertiary alicyclic amines) is 1. The van der Waals surface area contributed by atoms with Crippen LogP contribution in [0.2, 0.25) is 0 Å². The lowest BCUT2D eigenvalue weighted by molar-refractivity contribution is -0.151. The number of esters is 2. The molecule has 1 amide bonds. The number of aliphatic imine (C=N–C) groups is 1. The number of allylic oxidation sites excluding steroid dienone is 1. The number of benzene rings is 2. The lowest BCUT2D eigenvalue weighted by Gasteiger charge is -2.37. The van der Waals surface area contributed by atoms with Crippen LogP contribution in [0.1, 0.15) is 50.3 Å². The number of ether oxygens (including phenoxy) is 3. The first-order chi connectivity index (χ1) is 20.4. The van der Waals surface area contributed by atoms with Crippen molar-refractivity contribution < 1.29 is 28.6 Å². The quantitative estimate of drug-likeness (QED) is 0.368. The third-order valence-electron chi connectivity index (χ3n) is 7.59. The molecule has 10 heteroatoms. The van der Waals surface area contributed by atoms with Crippen molar-refractivity contribution in [2.24, 2.45) is 10.9 Å². The zero-order chi connectivity index (χ0) is 29.6. The minimum absolute atomic E-state index is 0.0786. The van der Waals surface area contributed by atoms with Gasteiger partial charge in [0.2, 0.25) is 5.91 Å². The van der Waals surface area contributed by atoms with E-state index in [1.165, 1.54) is 11.8 Å². The van der Waals surface area contributed by atoms with Crippen molar-refractivity contribution in [1.29, 1.82) is 0 Å². The van der Waals surface area contributed by atoms with Crippen LogP contribution in [0.4, 0.5) is 0 Å². The Balaban J connectivity index is 1.40. The van der Waals surface area contributed by atoms with Crippen molar-refractivity contribution in [3.05, 3.63) is 88.1 Å². The molecule has 2 atom stereocenters. The summed E-state index contributed by atoms with van der Waals surface area (Å²) in [5, 5.41) is 2.62. The molecule has 1 saturated heterocycles. The fraction of sp³-hybridized carbons (Fsp3) is 0.375. The summed E-state index contributed by atoms with van der Waals surface area (Å²) < 4.78 is 16.4. The summed E-state index contributed by atoms with van der Waals surface area (Å²) >= 11 is 1.43. The first-order valence-corrected chi connectivity index (χ1v) is 15.0. The predicted octanol–water partition coefficient (Wildman–Crippen LogP) is 5.21. The van der Waals surface area contributed by atoms with Crippen molar-refractivity contribution >= 4 is 34.8 Å². The first kappa shape index (κ1) is 29.4. The number of carbonyl (C=O) groups excluding carboxylic acids is 3. The van der Waals surface area contributed by atoms with Gasteiger partial charge in [0.05, 0.1) is 43.4 Å². The van der Waals surface area contributed by atoms with E-state index in [2.05, 4.69) is 0 Å². The molecule has 0 saturated carbocycles. The Hall–Kier alpha value is -4.05. The monoisotopic (exact) mass is 589 g/mol. The molecule has 2 aromatic rings.